The molecule has 1 aromatic heterocycles. The Hall–Kier alpha value is -3.36. The molecule has 8 nitrogen and oxygen atoms in total. The zero-order valence-electron chi connectivity index (χ0n) is 18.4. The van der Waals surface area contributed by atoms with Crippen LogP contribution in [0.4, 0.5) is 11.4 Å². The topological polar surface area (TPSA) is 94.5 Å². The number of hydrogen-bond acceptors (Lipinski definition) is 6. The van der Waals surface area contributed by atoms with E-state index in [-0.39, 0.29) is 29.0 Å². The lowest BCUT2D eigenvalue weighted by molar-refractivity contribution is 0.0858. The molecule has 1 aliphatic rings. The van der Waals surface area contributed by atoms with Gasteiger partial charge >= 0.3 is 0 Å². The van der Waals surface area contributed by atoms with Gasteiger partial charge in [-0.2, -0.15) is 5.10 Å². The van der Waals surface area contributed by atoms with E-state index < -0.39 is 0 Å². The summed E-state index contributed by atoms with van der Waals surface area (Å²) in [6.07, 6.45) is 3.55. The Morgan fingerprint density at radius 3 is 2.76 bits per heavy atom. The average Bonchev–Trinajstić information content (AvgIpc) is 3.34. The van der Waals surface area contributed by atoms with E-state index in [9.17, 15) is 9.59 Å². The van der Waals surface area contributed by atoms with Gasteiger partial charge in [-0.15, -0.1) is 0 Å². The Labute approximate surface area is 196 Å². The molecule has 1 aliphatic heterocycles. The van der Waals surface area contributed by atoms with E-state index in [1.54, 1.807) is 49.5 Å². The molecule has 3 aromatic rings. The van der Waals surface area contributed by atoms with Crippen molar-refractivity contribution in [3.63, 3.8) is 0 Å². The second kappa shape index (κ2) is 10.1. The number of nitrogens with one attached hydrogen (secondary N) is 2. The lowest BCUT2D eigenvalue weighted by Gasteiger charge is -2.14. The summed E-state index contributed by atoms with van der Waals surface area (Å²) < 4.78 is 12.7. The number of nitrogens with zero attached hydrogens (tertiary/aromatic N) is 2. The highest BCUT2D eigenvalue weighted by Gasteiger charge is 2.17. The van der Waals surface area contributed by atoms with E-state index in [1.807, 2.05) is 6.92 Å². The molecule has 0 spiro atoms. The van der Waals surface area contributed by atoms with Crippen LogP contribution in [0.2, 0.25) is 5.02 Å². The van der Waals surface area contributed by atoms with Gasteiger partial charge in [0, 0.05) is 36.5 Å². The van der Waals surface area contributed by atoms with Crippen molar-refractivity contribution in [3.05, 3.63) is 75.2 Å². The molecular weight excluding hydrogens is 444 g/mol. The number of halogens is 1. The minimum atomic E-state index is -0.350. The molecule has 1 fully saturated rings. The molecule has 0 saturated carbocycles. The van der Waals surface area contributed by atoms with Gasteiger partial charge < -0.3 is 20.1 Å². The van der Waals surface area contributed by atoms with Gasteiger partial charge in [0.15, 0.2) is 11.4 Å². The van der Waals surface area contributed by atoms with E-state index in [0.29, 0.717) is 28.6 Å². The van der Waals surface area contributed by atoms with Crippen LogP contribution in [-0.2, 0) is 11.8 Å². The molecule has 2 aromatic carbocycles. The smallest absolute Gasteiger partial charge is 0.294 e. The Balaban J connectivity index is 1.49. The molecule has 4 rings (SSSR count). The van der Waals surface area contributed by atoms with Crippen molar-refractivity contribution in [3.8, 4) is 11.5 Å². The van der Waals surface area contributed by atoms with Gasteiger partial charge in [0.2, 0.25) is 0 Å². The fourth-order valence-electron chi connectivity index (χ4n) is 3.49. The van der Waals surface area contributed by atoms with Crippen molar-refractivity contribution in [1.29, 1.82) is 0 Å². The van der Waals surface area contributed by atoms with Crippen molar-refractivity contribution >= 4 is 28.9 Å². The van der Waals surface area contributed by atoms with Crippen molar-refractivity contribution < 1.29 is 14.3 Å². The molecule has 2 heterocycles. The fraction of sp³-hybridized carbons (Fsp3) is 0.292. The highest BCUT2D eigenvalue weighted by Crippen LogP contribution is 2.30. The number of ether oxygens (including phenoxy) is 2. The molecule has 1 atom stereocenters. The van der Waals surface area contributed by atoms with Crippen molar-refractivity contribution in [1.82, 2.24) is 15.1 Å². The zero-order valence-corrected chi connectivity index (χ0v) is 19.2. The van der Waals surface area contributed by atoms with Crippen LogP contribution in [0.5, 0.6) is 11.5 Å². The molecule has 1 saturated heterocycles. The first-order chi connectivity index (χ1) is 15.9. The number of aryl methyl sites for hydroxylation is 2. The highest BCUT2D eigenvalue weighted by atomic mass is 35.5. The SMILES string of the molecule is Cc1cc(Oc2cnn(C)c(=O)c2Nc2ccc(C(=O)NCC3CCCO3)cc2)ccc1Cl. The number of anilines is 2. The van der Waals surface area contributed by atoms with Crippen LogP contribution in [0.25, 0.3) is 0 Å². The van der Waals surface area contributed by atoms with Crippen LogP contribution >= 0.6 is 11.6 Å². The Morgan fingerprint density at radius 2 is 2.06 bits per heavy atom. The third-order valence-corrected chi connectivity index (χ3v) is 5.81. The first kappa shape index (κ1) is 22.8. The maximum atomic E-state index is 12.8. The molecule has 1 unspecified atom stereocenters. The standard InChI is InChI=1S/C24H25ClN4O4/c1-15-12-18(9-10-20(15)25)33-21-14-27-29(2)24(31)22(21)28-17-7-5-16(6-8-17)23(30)26-13-19-4-3-11-32-19/h5-10,12,14,19,28H,3-4,11,13H2,1-2H3,(H,26,30). The van der Waals surface area contributed by atoms with Crippen molar-refractivity contribution in [2.45, 2.75) is 25.9 Å². The quantitative estimate of drug-likeness (QED) is 0.540. The molecule has 1 amide bonds. The fourth-order valence-corrected chi connectivity index (χ4v) is 3.60. The summed E-state index contributed by atoms with van der Waals surface area (Å²) in [4.78, 5) is 25.2. The Morgan fingerprint density at radius 1 is 1.27 bits per heavy atom. The Kier molecular flexibility index (Phi) is 6.96. The number of hydrogen-bond donors (Lipinski definition) is 2. The predicted molar refractivity (Wildman–Crippen MR) is 127 cm³/mol. The molecule has 2 N–H and O–H groups in total. The number of aromatic nitrogens is 2. The van der Waals surface area contributed by atoms with Gasteiger partial charge in [0.05, 0.1) is 12.3 Å². The second-order valence-corrected chi connectivity index (χ2v) is 8.28. The summed E-state index contributed by atoms with van der Waals surface area (Å²) in [6.45, 7) is 3.12. The van der Waals surface area contributed by atoms with Crippen LogP contribution in [-0.4, -0.2) is 34.9 Å². The van der Waals surface area contributed by atoms with E-state index in [1.165, 1.54) is 10.9 Å². The van der Waals surface area contributed by atoms with Gasteiger partial charge in [-0.05, 0) is 67.8 Å². The number of benzene rings is 2. The largest absolute Gasteiger partial charge is 0.453 e. The van der Waals surface area contributed by atoms with Crippen LogP contribution in [0.1, 0.15) is 28.8 Å². The molecule has 33 heavy (non-hydrogen) atoms. The van der Waals surface area contributed by atoms with Crippen LogP contribution in [0.3, 0.4) is 0 Å². The maximum Gasteiger partial charge on any atom is 0.294 e. The van der Waals surface area contributed by atoms with Gasteiger partial charge in [-0.25, -0.2) is 4.68 Å². The third kappa shape index (κ3) is 5.53. The predicted octanol–water partition coefficient (Wildman–Crippen LogP) is 4.19. The summed E-state index contributed by atoms with van der Waals surface area (Å²) in [7, 11) is 1.56. The molecule has 172 valence electrons. The number of rotatable bonds is 7. The minimum absolute atomic E-state index is 0.0839. The van der Waals surface area contributed by atoms with E-state index in [2.05, 4.69) is 15.7 Å². The van der Waals surface area contributed by atoms with Gasteiger partial charge in [-0.1, -0.05) is 11.6 Å². The monoisotopic (exact) mass is 468 g/mol. The lowest BCUT2D eigenvalue weighted by Crippen LogP contribution is -2.31. The number of amides is 1. The van der Waals surface area contributed by atoms with Crippen molar-refractivity contribution in [2.24, 2.45) is 7.05 Å². The summed E-state index contributed by atoms with van der Waals surface area (Å²) >= 11 is 6.09. The van der Waals surface area contributed by atoms with E-state index in [4.69, 9.17) is 21.1 Å². The first-order valence-electron chi connectivity index (χ1n) is 10.7. The van der Waals surface area contributed by atoms with E-state index >= 15 is 0 Å². The summed E-state index contributed by atoms with van der Waals surface area (Å²) in [5.74, 6) is 0.644. The highest BCUT2D eigenvalue weighted by molar-refractivity contribution is 6.31. The molecule has 0 aliphatic carbocycles. The summed E-state index contributed by atoms with van der Waals surface area (Å²) in [5.41, 5.74) is 1.89. The van der Waals surface area contributed by atoms with Crippen LogP contribution < -0.4 is 20.9 Å². The second-order valence-electron chi connectivity index (χ2n) is 7.87. The molecular formula is C24H25ClN4O4. The average molecular weight is 469 g/mol. The molecule has 9 heteroatoms. The normalized spacial score (nSPS) is 15.3. The number of carbonyl (C=O) groups is 1. The summed E-state index contributed by atoms with van der Waals surface area (Å²) in [6, 6.07) is 12.1. The molecule has 0 bridgehead atoms. The Bertz CT molecular complexity index is 1200. The first-order valence-corrected chi connectivity index (χ1v) is 11.1. The maximum absolute atomic E-state index is 12.8. The van der Waals surface area contributed by atoms with Crippen LogP contribution in [0, 0.1) is 6.92 Å². The lowest BCUT2D eigenvalue weighted by atomic mass is 10.1. The van der Waals surface area contributed by atoms with Gasteiger partial charge in [0.1, 0.15) is 5.75 Å². The van der Waals surface area contributed by atoms with Gasteiger partial charge in [0.25, 0.3) is 11.5 Å². The summed E-state index contributed by atoms with van der Waals surface area (Å²) in [5, 5.41) is 10.7. The minimum Gasteiger partial charge on any atom is -0.453 e. The molecule has 0 radical (unpaired) electrons. The van der Waals surface area contributed by atoms with Crippen LogP contribution in [0.15, 0.2) is 53.5 Å². The number of carbonyl (C=O) groups excluding carboxylic acids is 1. The van der Waals surface area contributed by atoms with Crippen molar-refractivity contribution in [2.75, 3.05) is 18.5 Å². The zero-order chi connectivity index (χ0) is 23.4. The van der Waals surface area contributed by atoms with E-state index in [0.717, 1.165) is 25.0 Å². The van der Waals surface area contributed by atoms with Gasteiger partial charge in [-0.3, -0.25) is 9.59 Å². The third-order valence-electron chi connectivity index (χ3n) is 5.39.